The monoisotopic (exact) mass is 254 g/mol. The second-order valence-electron chi connectivity index (χ2n) is 2.90. The molecule has 102 valence electrons. The summed E-state index contributed by atoms with van der Waals surface area (Å²) in [5.41, 5.74) is 4.92. The predicted octanol–water partition coefficient (Wildman–Crippen LogP) is -2.41. The van der Waals surface area contributed by atoms with Crippen molar-refractivity contribution in [1.82, 2.24) is 5.23 Å². The average Bonchev–Trinajstić information content (AvgIpc) is 2.31. The molecule has 9 nitrogen and oxygen atoms in total. The zero-order chi connectivity index (χ0) is 13.1. The zero-order valence-corrected chi connectivity index (χ0v) is 9.32. The molecule has 1 unspecified atom stereocenters. The lowest BCUT2D eigenvalue weighted by Crippen LogP contribution is -2.39. The van der Waals surface area contributed by atoms with Crippen LogP contribution in [0.4, 0.5) is 4.79 Å². The summed E-state index contributed by atoms with van der Waals surface area (Å²) in [4.78, 5) is 20.3. The largest absolute Gasteiger partial charge is 0.394 e. The molecule has 0 bridgehead atoms. The molecule has 17 heavy (non-hydrogen) atoms. The lowest BCUT2D eigenvalue weighted by atomic mass is 10.4. The van der Waals surface area contributed by atoms with Gasteiger partial charge in [-0.3, -0.25) is 0 Å². The van der Waals surface area contributed by atoms with Crippen molar-refractivity contribution >= 4 is 6.03 Å². The van der Waals surface area contributed by atoms with Gasteiger partial charge < -0.3 is 25.8 Å². The first kappa shape index (κ1) is 16.0. The molecule has 0 aliphatic heterocycles. The summed E-state index contributed by atoms with van der Waals surface area (Å²) < 4.78 is 4.86. The fraction of sp³-hybridized carbons (Fsp3) is 0.875. The number of carbonyl (C=O) groups excluding carboxylic acids is 1. The summed E-state index contributed by atoms with van der Waals surface area (Å²) in [6.45, 7) is -0.680. The molecule has 0 saturated carbocycles. The first-order valence-corrected chi connectivity index (χ1v) is 4.94. The Morgan fingerprint density at radius 3 is 2.47 bits per heavy atom. The Morgan fingerprint density at radius 2 is 1.94 bits per heavy atom. The maximum Gasteiger partial charge on any atom is 0.364 e. The maximum absolute atomic E-state index is 10.8. The van der Waals surface area contributed by atoms with Crippen LogP contribution in [0.5, 0.6) is 0 Å². The van der Waals surface area contributed by atoms with E-state index in [-0.39, 0.29) is 33.0 Å². The molecule has 0 aliphatic rings. The standard InChI is InChI=1S/C8H18N2O7/c9-8(14)10(17-6-7(13)5-12)16-4-3-15-2-1-11/h7,11-13H,1-6H2,(H2,9,14). The summed E-state index contributed by atoms with van der Waals surface area (Å²) in [6.07, 6.45) is -1.13. The summed E-state index contributed by atoms with van der Waals surface area (Å²) in [5.74, 6) is 0. The van der Waals surface area contributed by atoms with Crippen LogP contribution in [0.2, 0.25) is 0 Å². The third kappa shape index (κ3) is 8.80. The number of aliphatic hydroxyl groups excluding tert-OH is 3. The Labute approximate surface area is 98.2 Å². The lowest BCUT2D eigenvalue weighted by Gasteiger charge is -2.19. The molecule has 0 heterocycles. The highest BCUT2D eigenvalue weighted by Crippen LogP contribution is 1.95. The van der Waals surface area contributed by atoms with Gasteiger partial charge in [0.1, 0.15) is 19.3 Å². The van der Waals surface area contributed by atoms with Crippen molar-refractivity contribution in [3.05, 3.63) is 0 Å². The van der Waals surface area contributed by atoms with Crippen molar-refractivity contribution in [1.29, 1.82) is 0 Å². The summed E-state index contributed by atoms with van der Waals surface area (Å²) in [6, 6.07) is -1.00. The molecular formula is C8H18N2O7. The second kappa shape index (κ2) is 10.2. The topological polar surface area (TPSA) is 135 Å². The fourth-order valence-electron chi connectivity index (χ4n) is 0.717. The molecule has 0 spiro atoms. The first-order valence-electron chi connectivity index (χ1n) is 4.94. The van der Waals surface area contributed by atoms with Gasteiger partial charge >= 0.3 is 6.03 Å². The summed E-state index contributed by atoms with van der Waals surface area (Å²) in [5, 5.41) is 26.3. The van der Waals surface area contributed by atoms with E-state index in [2.05, 4.69) is 4.84 Å². The van der Waals surface area contributed by atoms with Crippen molar-refractivity contribution in [2.24, 2.45) is 5.73 Å². The van der Waals surface area contributed by atoms with E-state index in [1.165, 1.54) is 0 Å². The van der Waals surface area contributed by atoms with E-state index in [0.29, 0.717) is 5.23 Å². The molecule has 2 amide bonds. The SMILES string of the molecule is NC(=O)N(OCCOCCO)OCC(O)CO. The zero-order valence-electron chi connectivity index (χ0n) is 9.32. The number of urea groups is 1. The van der Waals surface area contributed by atoms with E-state index in [4.69, 9.17) is 30.6 Å². The molecule has 0 aromatic heterocycles. The minimum absolute atomic E-state index is 0.0157. The number of nitrogens with two attached hydrogens (primary N) is 1. The average molecular weight is 254 g/mol. The van der Waals surface area contributed by atoms with Gasteiger partial charge in [-0.15, -0.1) is 0 Å². The van der Waals surface area contributed by atoms with Crippen molar-refractivity contribution < 1.29 is 34.5 Å². The minimum Gasteiger partial charge on any atom is -0.394 e. The third-order valence-corrected chi connectivity index (χ3v) is 1.45. The summed E-state index contributed by atoms with van der Waals surface area (Å²) in [7, 11) is 0. The number of hydrogen-bond donors (Lipinski definition) is 4. The molecule has 0 aromatic carbocycles. The van der Waals surface area contributed by atoms with Gasteiger partial charge in [-0.05, 0) is 0 Å². The normalized spacial score (nSPS) is 12.4. The number of primary amides is 1. The van der Waals surface area contributed by atoms with E-state index in [9.17, 15) is 4.79 Å². The van der Waals surface area contributed by atoms with Crippen LogP contribution in [-0.4, -0.2) is 72.3 Å². The highest BCUT2D eigenvalue weighted by molar-refractivity contribution is 5.69. The smallest absolute Gasteiger partial charge is 0.364 e. The van der Waals surface area contributed by atoms with E-state index >= 15 is 0 Å². The van der Waals surface area contributed by atoms with E-state index < -0.39 is 18.7 Å². The number of ether oxygens (including phenoxy) is 1. The Bertz CT molecular complexity index is 204. The molecule has 0 fully saturated rings. The van der Waals surface area contributed by atoms with Gasteiger partial charge in [0.15, 0.2) is 0 Å². The van der Waals surface area contributed by atoms with E-state index in [0.717, 1.165) is 0 Å². The van der Waals surface area contributed by atoms with Gasteiger partial charge in [-0.2, -0.15) is 0 Å². The highest BCUT2D eigenvalue weighted by atomic mass is 17.0. The number of hydroxylamine groups is 2. The van der Waals surface area contributed by atoms with Crippen molar-refractivity contribution in [3.8, 4) is 0 Å². The van der Waals surface area contributed by atoms with E-state index in [1.807, 2.05) is 0 Å². The van der Waals surface area contributed by atoms with Gasteiger partial charge in [0, 0.05) is 0 Å². The van der Waals surface area contributed by atoms with E-state index in [1.54, 1.807) is 0 Å². The Balaban J connectivity index is 3.71. The second-order valence-corrected chi connectivity index (χ2v) is 2.90. The molecule has 9 heteroatoms. The minimum atomic E-state index is -1.13. The van der Waals surface area contributed by atoms with Crippen LogP contribution in [0.25, 0.3) is 0 Å². The lowest BCUT2D eigenvalue weighted by molar-refractivity contribution is -0.335. The molecule has 0 radical (unpaired) electrons. The number of hydrogen-bond acceptors (Lipinski definition) is 7. The molecule has 1 atom stereocenters. The van der Waals surface area contributed by atoms with Gasteiger partial charge in [-0.1, -0.05) is 5.23 Å². The summed E-state index contributed by atoms with van der Waals surface area (Å²) >= 11 is 0. The fourth-order valence-corrected chi connectivity index (χ4v) is 0.717. The van der Waals surface area contributed by atoms with Crippen LogP contribution in [0.15, 0.2) is 0 Å². The maximum atomic E-state index is 10.8. The molecule has 0 aromatic rings. The highest BCUT2D eigenvalue weighted by Gasteiger charge is 2.14. The number of nitrogens with zero attached hydrogens (tertiary/aromatic N) is 1. The van der Waals surface area contributed by atoms with Crippen molar-refractivity contribution in [3.63, 3.8) is 0 Å². The number of rotatable bonds is 10. The third-order valence-electron chi connectivity index (χ3n) is 1.45. The van der Waals surface area contributed by atoms with Crippen molar-refractivity contribution in [2.75, 3.05) is 39.6 Å². The van der Waals surface area contributed by atoms with Crippen LogP contribution in [0, 0.1) is 0 Å². The number of aliphatic hydroxyl groups is 3. The molecule has 0 saturated heterocycles. The Kier molecular flexibility index (Phi) is 9.62. The van der Waals surface area contributed by atoms with Crippen molar-refractivity contribution in [2.45, 2.75) is 6.10 Å². The number of carbonyl (C=O) groups is 1. The van der Waals surface area contributed by atoms with Crippen LogP contribution in [-0.2, 0) is 14.4 Å². The first-order chi connectivity index (χ1) is 8.11. The molecular weight excluding hydrogens is 236 g/mol. The molecule has 0 rings (SSSR count). The van der Waals surface area contributed by atoms with Crippen LogP contribution in [0.3, 0.4) is 0 Å². The van der Waals surface area contributed by atoms with Gasteiger partial charge in [-0.25, -0.2) is 14.5 Å². The van der Waals surface area contributed by atoms with Gasteiger partial charge in [0.05, 0.1) is 26.4 Å². The predicted molar refractivity (Wildman–Crippen MR) is 54.3 cm³/mol. The quantitative estimate of drug-likeness (QED) is 0.252. The Hall–Kier alpha value is -0.970. The molecule has 0 aliphatic carbocycles. The number of amides is 2. The molecule has 5 N–H and O–H groups in total. The van der Waals surface area contributed by atoms with Crippen LogP contribution < -0.4 is 5.73 Å². The van der Waals surface area contributed by atoms with Gasteiger partial charge in [0.2, 0.25) is 0 Å². The Morgan fingerprint density at radius 1 is 1.24 bits per heavy atom. The van der Waals surface area contributed by atoms with Crippen LogP contribution >= 0.6 is 0 Å². The van der Waals surface area contributed by atoms with Gasteiger partial charge in [0.25, 0.3) is 0 Å². The van der Waals surface area contributed by atoms with Crippen LogP contribution in [0.1, 0.15) is 0 Å².